The molecule has 0 saturated heterocycles. The van der Waals surface area contributed by atoms with Gasteiger partial charge in [-0.3, -0.25) is 10.1 Å². The molecule has 0 spiro atoms. The quantitative estimate of drug-likeness (QED) is 0.263. The molecular formula is C6H3ClLiNO5S. The number of nitro groups is 1. The summed E-state index contributed by atoms with van der Waals surface area (Å²) in [4.78, 5) is 8.48. The molecule has 6 nitrogen and oxygen atoms in total. The van der Waals surface area contributed by atoms with Crippen LogP contribution in [0.2, 0.25) is 5.02 Å². The standard InChI is InChI=1S/C6H4ClNO5S.Li/c7-4-2-1-3-5(14(11,12)13)6(4)8(9)10;/h1-3H,(H,11,12,13);/q;+1/p-1. The van der Waals surface area contributed by atoms with Crippen LogP contribution in [0.3, 0.4) is 0 Å². The van der Waals surface area contributed by atoms with Crippen molar-refractivity contribution in [3.8, 4) is 0 Å². The van der Waals surface area contributed by atoms with Crippen molar-refractivity contribution in [1.82, 2.24) is 0 Å². The second-order valence-corrected chi connectivity index (χ2v) is 4.05. The first-order valence-electron chi connectivity index (χ1n) is 3.23. The Balaban J connectivity index is 0.00000196. The van der Waals surface area contributed by atoms with Gasteiger partial charge in [0.1, 0.15) is 20.0 Å². The molecule has 0 fully saturated rings. The van der Waals surface area contributed by atoms with Crippen molar-refractivity contribution in [2.45, 2.75) is 4.90 Å². The van der Waals surface area contributed by atoms with Crippen molar-refractivity contribution in [1.29, 1.82) is 0 Å². The fourth-order valence-corrected chi connectivity index (χ4v) is 1.84. The maximum absolute atomic E-state index is 10.6. The van der Waals surface area contributed by atoms with Crippen LogP contribution >= 0.6 is 11.6 Å². The normalized spacial score (nSPS) is 10.5. The molecular weight excluding hydrogens is 241 g/mol. The zero-order valence-corrected chi connectivity index (χ0v) is 9.08. The van der Waals surface area contributed by atoms with E-state index >= 15 is 0 Å². The Labute approximate surface area is 102 Å². The van der Waals surface area contributed by atoms with Crippen molar-refractivity contribution < 1.29 is 36.8 Å². The third-order valence-corrected chi connectivity index (χ3v) is 2.57. The van der Waals surface area contributed by atoms with Gasteiger partial charge in [0.25, 0.3) is 0 Å². The molecule has 0 aliphatic heterocycles. The molecule has 76 valence electrons. The average Bonchev–Trinajstić information content (AvgIpc) is 2.01. The minimum absolute atomic E-state index is 0. The Kier molecular flexibility index (Phi) is 4.77. The van der Waals surface area contributed by atoms with Gasteiger partial charge < -0.3 is 4.55 Å². The topological polar surface area (TPSA) is 100 Å². The largest absolute Gasteiger partial charge is 1.00 e. The fourth-order valence-electron chi connectivity index (χ4n) is 0.874. The maximum Gasteiger partial charge on any atom is 1.00 e. The van der Waals surface area contributed by atoms with Crippen LogP contribution < -0.4 is 18.9 Å². The Morgan fingerprint density at radius 1 is 1.33 bits per heavy atom. The fraction of sp³-hybridized carbons (Fsp3) is 0. The van der Waals surface area contributed by atoms with Gasteiger partial charge in [-0.25, -0.2) is 8.42 Å². The molecule has 0 heterocycles. The van der Waals surface area contributed by atoms with Crippen LogP contribution in [0.25, 0.3) is 0 Å². The maximum atomic E-state index is 10.6. The van der Waals surface area contributed by atoms with Gasteiger partial charge in [-0.1, -0.05) is 17.7 Å². The van der Waals surface area contributed by atoms with E-state index in [4.69, 9.17) is 11.6 Å². The summed E-state index contributed by atoms with van der Waals surface area (Å²) in [6.45, 7) is 0. The smallest absolute Gasteiger partial charge is 0.744 e. The van der Waals surface area contributed by atoms with Crippen molar-refractivity contribution in [2.75, 3.05) is 0 Å². The molecule has 0 N–H and O–H groups in total. The predicted molar refractivity (Wildman–Crippen MR) is 46.1 cm³/mol. The van der Waals surface area contributed by atoms with Gasteiger partial charge in [0.05, 0.1) is 4.92 Å². The summed E-state index contributed by atoms with van der Waals surface area (Å²) >= 11 is 5.39. The summed E-state index contributed by atoms with van der Waals surface area (Å²) in [6, 6.07) is 3.13. The summed E-state index contributed by atoms with van der Waals surface area (Å²) < 4.78 is 31.8. The number of hydrogen-bond donors (Lipinski definition) is 0. The molecule has 0 aliphatic rings. The minimum atomic E-state index is -4.88. The molecule has 0 amide bonds. The number of rotatable bonds is 2. The van der Waals surface area contributed by atoms with E-state index in [0.29, 0.717) is 0 Å². The number of benzene rings is 1. The molecule has 15 heavy (non-hydrogen) atoms. The third-order valence-electron chi connectivity index (χ3n) is 1.40. The van der Waals surface area contributed by atoms with Crippen molar-refractivity contribution in [2.24, 2.45) is 0 Å². The second kappa shape index (κ2) is 4.96. The first-order valence-corrected chi connectivity index (χ1v) is 5.01. The summed E-state index contributed by atoms with van der Waals surface area (Å²) in [6.07, 6.45) is 0. The van der Waals surface area contributed by atoms with Crippen LogP contribution in [0.4, 0.5) is 5.69 Å². The number of para-hydroxylation sites is 1. The van der Waals surface area contributed by atoms with Crippen LogP contribution in [-0.2, 0) is 10.1 Å². The second-order valence-electron chi connectivity index (χ2n) is 2.30. The minimum Gasteiger partial charge on any atom is -0.744 e. The SMILES string of the molecule is O=[N+]([O-])c1c(Cl)cccc1S(=O)(=O)[O-].[Li+]. The number of halogens is 1. The first kappa shape index (κ1) is 14.4. The summed E-state index contributed by atoms with van der Waals surface area (Å²) in [5.41, 5.74) is -0.885. The Hall–Kier alpha value is -0.583. The van der Waals surface area contributed by atoms with E-state index in [1.54, 1.807) is 0 Å². The van der Waals surface area contributed by atoms with E-state index in [2.05, 4.69) is 0 Å². The van der Waals surface area contributed by atoms with Crippen LogP contribution in [0.1, 0.15) is 0 Å². The molecule has 1 aromatic carbocycles. The van der Waals surface area contributed by atoms with E-state index in [9.17, 15) is 23.1 Å². The first-order chi connectivity index (χ1) is 6.34. The van der Waals surface area contributed by atoms with Gasteiger partial charge >= 0.3 is 24.5 Å². The average molecular weight is 244 g/mol. The summed E-state index contributed by atoms with van der Waals surface area (Å²) in [5.74, 6) is 0. The van der Waals surface area contributed by atoms with E-state index in [0.717, 1.165) is 18.2 Å². The molecule has 9 heteroatoms. The summed E-state index contributed by atoms with van der Waals surface area (Å²) in [7, 11) is -4.88. The van der Waals surface area contributed by atoms with Gasteiger partial charge in [-0.05, 0) is 12.1 Å². The molecule has 0 aromatic heterocycles. The van der Waals surface area contributed by atoms with Crippen LogP contribution in [0.5, 0.6) is 0 Å². The molecule has 0 saturated carbocycles. The molecule has 0 bridgehead atoms. The molecule has 0 atom stereocenters. The number of nitrogens with zero attached hydrogens (tertiary/aromatic N) is 1. The van der Waals surface area contributed by atoms with Gasteiger partial charge in [-0.15, -0.1) is 0 Å². The molecule has 0 unspecified atom stereocenters. The van der Waals surface area contributed by atoms with E-state index < -0.39 is 25.6 Å². The molecule has 0 radical (unpaired) electrons. The third kappa shape index (κ3) is 3.19. The van der Waals surface area contributed by atoms with E-state index in [1.807, 2.05) is 0 Å². The number of nitro benzene ring substituents is 1. The van der Waals surface area contributed by atoms with Crippen LogP contribution in [0.15, 0.2) is 23.1 Å². The van der Waals surface area contributed by atoms with Crippen molar-refractivity contribution in [3.05, 3.63) is 33.3 Å². The Morgan fingerprint density at radius 3 is 2.20 bits per heavy atom. The van der Waals surface area contributed by atoms with Gasteiger partial charge in [0.2, 0.25) is 0 Å². The van der Waals surface area contributed by atoms with Crippen LogP contribution in [-0.4, -0.2) is 17.9 Å². The molecule has 0 aliphatic carbocycles. The van der Waals surface area contributed by atoms with Crippen molar-refractivity contribution >= 4 is 27.4 Å². The Morgan fingerprint density at radius 2 is 1.87 bits per heavy atom. The zero-order valence-electron chi connectivity index (χ0n) is 7.51. The Bertz CT molecular complexity index is 488. The monoisotopic (exact) mass is 243 g/mol. The van der Waals surface area contributed by atoms with Gasteiger partial charge in [0, 0.05) is 0 Å². The predicted octanol–water partition coefficient (Wildman–Crippen LogP) is -1.84. The molecule has 1 rings (SSSR count). The van der Waals surface area contributed by atoms with Crippen molar-refractivity contribution in [3.63, 3.8) is 0 Å². The van der Waals surface area contributed by atoms with Gasteiger partial charge in [0.15, 0.2) is 0 Å². The molecule has 1 aromatic rings. The number of hydrogen-bond acceptors (Lipinski definition) is 5. The van der Waals surface area contributed by atoms with Gasteiger partial charge in [-0.2, -0.15) is 0 Å². The summed E-state index contributed by atoms with van der Waals surface area (Å²) in [5, 5.41) is 10.0. The van der Waals surface area contributed by atoms with E-state index in [-0.39, 0.29) is 23.9 Å². The van der Waals surface area contributed by atoms with E-state index in [1.165, 1.54) is 0 Å². The zero-order chi connectivity index (χ0) is 10.9. The van der Waals surface area contributed by atoms with Crippen LogP contribution in [0, 0.1) is 10.1 Å².